The molecule has 0 aliphatic rings. The van der Waals surface area contributed by atoms with Crippen molar-refractivity contribution < 1.29 is 14.7 Å². The van der Waals surface area contributed by atoms with E-state index in [2.05, 4.69) is 10.6 Å². The van der Waals surface area contributed by atoms with Gasteiger partial charge in [0.05, 0.1) is 12.0 Å². The Bertz CT molecular complexity index is 488. The molecule has 116 valence electrons. The molecule has 2 amide bonds. The third-order valence-corrected chi connectivity index (χ3v) is 3.52. The zero-order valence-corrected chi connectivity index (χ0v) is 12.8. The second kappa shape index (κ2) is 8.29. The van der Waals surface area contributed by atoms with Gasteiger partial charge in [-0.2, -0.15) is 0 Å². The molecule has 1 rings (SSSR count). The van der Waals surface area contributed by atoms with Crippen LogP contribution in [0.3, 0.4) is 0 Å². The molecular weight excluding hydrogens is 268 g/mol. The first-order chi connectivity index (χ1) is 9.91. The van der Waals surface area contributed by atoms with Crippen molar-refractivity contribution >= 4 is 12.0 Å². The van der Waals surface area contributed by atoms with E-state index in [1.165, 1.54) is 0 Å². The maximum Gasteiger partial charge on any atom is 0.315 e. The van der Waals surface area contributed by atoms with Crippen molar-refractivity contribution in [1.82, 2.24) is 10.6 Å². The number of benzene rings is 1. The maximum atomic E-state index is 11.8. The first-order valence-corrected chi connectivity index (χ1v) is 7.24. The van der Waals surface area contributed by atoms with Crippen LogP contribution in [0.5, 0.6) is 0 Å². The summed E-state index contributed by atoms with van der Waals surface area (Å²) in [7, 11) is 0. The Morgan fingerprint density at radius 1 is 1.24 bits per heavy atom. The van der Waals surface area contributed by atoms with Gasteiger partial charge in [0.2, 0.25) is 0 Å². The average Bonchev–Trinajstić information content (AvgIpc) is 2.43. The summed E-state index contributed by atoms with van der Waals surface area (Å²) in [6, 6.07) is 7.63. The van der Waals surface area contributed by atoms with Crippen LogP contribution in [0.4, 0.5) is 4.79 Å². The largest absolute Gasteiger partial charge is 0.481 e. The fourth-order valence-electron chi connectivity index (χ4n) is 2.13. The minimum Gasteiger partial charge on any atom is -0.481 e. The zero-order chi connectivity index (χ0) is 15.8. The van der Waals surface area contributed by atoms with Crippen molar-refractivity contribution in [3.63, 3.8) is 0 Å². The molecule has 0 aliphatic heterocycles. The van der Waals surface area contributed by atoms with Crippen LogP contribution in [-0.2, 0) is 4.79 Å². The van der Waals surface area contributed by atoms with E-state index in [1.807, 2.05) is 38.1 Å². The first kappa shape index (κ1) is 17.0. The number of urea groups is 1. The van der Waals surface area contributed by atoms with E-state index in [-0.39, 0.29) is 18.0 Å². The Morgan fingerprint density at radius 3 is 2.52 bits per heavy atom. The van der Waals surface area contributed by atoms with Crippen LogP contribution in [-0.4, -0.2) is 23.7 Å². The number of carbonyl (C=O) groups is 2. The topological polar surface area (TPSA) is 78.4 Å². The molecule has 3 N–H and O–H groups in total. The van der Waals surface area contributed by atoms with Gasteiger partial charge in [-0.15, -0.1) is 0 Å². The summed E-state index contributed by atoms with van der Waals surface area (Å²) in [5.74, 6) is -1.17. The summed E-state index contributed by atoms with van der Waals surface area (Å²) in [5.41, 5.74) is 2.23. The van der Waals surface area contributed by atoms with Gasteiger partial charge in [-0.1, -0.05) is 31.2 Å². The zero-order valence-electron chi connectivity index (χ0n) is 12.8. The number of nitrogens with one attached hydrogen (secondary N) is 2. The number of hydrogen-bond donors (Lipinski definition) is 3. The minimum atomic E-state index is -0.798. The standard InChI is InChI=1S/C16H24N2O3/c1-11-7-4-5-9-14(11)13(3)18-16(21)17-10-6-8-12(2)15(19)20/h4-5,7,9,12-13H,6,8,10H2,1-3H3,(H,19,20)(H2,17,18,21). The maximum absolute atomic E-state index is 11.8. The van der Waals surface area contributed by atoms with Gasteiger partial charge in [0.15, 0.2) is 0 Å². The van der Waals surface area contributed by atoms with E-state index in [0.29, 0.717) is 19.4 Å². The lowest BCUT2D eigenvalue weighted by Gasteiger charge is -2.17. The number of hydrogen-bond acceptors (Lipinski definition) is 2. The van der Waals surface area contributed by atoms with E-state index >= 15 is 0 Å². The molecule has 0 heterocycles. The Kier molecular flexibility index (Phi) is 6.72. The number of carboxylic acid groups (broad SMARTS) is 1. The molecule has 1 aromatic carbocycles. The SMILES string of the molecule is Cc1ccccc1C(C)NC(=O)NCCCC(C)C(=O)O. The normalized spacial score (nSPS) is 13.3. The van der Waals surface area contributed by atoms with Crippen LogP contribution in [0.2, 0.25) is 0 Å². The summed E-state index contributed by atoms with van der Waals surface area (Å²) in [5, 5.41) is 14.4. The number of carboxylic acids is 1. The lowest BCUT2D eigenvalue weighted by Crippen LogP contribution is -2.37. The third kappa shape index (κ3) is 5.85. The van der Waals surface area contributed by atoms with Crippen LogP contribution >= 0.6 is 0 Å². The van der Waals surface area contributed by atoms with E-state index in [9.17, 15) is 9.59 Å². The summed E-state index contributed by atoms with van der Waals surface area (Å²) in [6.45, 7) is 6.10. The quantitative estimate of drug-likeness (QED) is 0.676. The number of rotatable bonds is 7. The highest BCUT2D eigenvalue weighted by molar-refractivity contribution is 5.74. The molecule has 1 aromatic rings. The van der Waals surface area contributed by atoms with Crippen molar-refractivity contribution in [2.75, 3.05) is 6.54 Å². The molecule has 5 nitrogen and oxygen atoms in total. The van der Waals surface area contributed by atoms with E-state index in [1.54, 1.807) is 6.92 Å². The van der Waals surface area contributed by atoms with Gasteiger partial charge < -0.3 is 15.7 Å². The van der Waals surface area contributed by atoms with Crippen molar-refractivity contribution in [2.24, 2.45) is 5.92 Å². The molecule has 0 saturated heterocycles. The highest BCUT2D eigenvalue weighted by Crippen LogP contribution is 2.16. The molecule has 2 unspecified atom stereocenters. The highest BCUT2D eigenvalue weighted by atomic mass is 16.4. The van der Waals surface area contributed by atoms with Gasteiger partial charge in [-0.3, -0.25) is 4.79 Å². The van der Waals surface area contributed by atoms with Crippen LogP contribution in [0.25, 0.3) is 0 Å². The Balaban J connectivity index is 2.31. The van der Waals surface area contributed by atoms with Crippen molar-refractivity contribution in [1.29, 1.82) is 0 Å². The predicted molar refractivity (Wildman–Crippen MR) is 82.2 cm³/mol. The van der Waals surface area contributed by atoms with Gasteiger partial charge in [0, 0.05) is 6.54 Å². The number of carbonyl (C=O) groups excluding carboxylic acids is 1. The second-order valence-electron chi connectivity index (χ2n) is 5.36. The van der Waals surface area contributed by atoms with Crippen LogP contribution in [0.1, 0.15) is 43.9 Å². The monoisotopic (exact) mass is 292 g/mol. The summed E-state index contributed by atoms with van der Waals surface area (Å²) in [6.07, 6.45) is 1.21. The molecule has 0 saturated carbocycles. The van der Waals surface area contributed by atoms with Crippen LogP contribution < -0.4 is 10.6 Å². The lowest BCUT2D eigenvalue weighted by molar-refractivity contribution is -0.141. The fourth-order valence-corrected chi connectivity index (χ4v) is 2.13. The molecule has 2 atom stereocenters. The number of amides is 2. The Labute approximate surface area is 125 Å². The molecule has 21 heavy (non-hydrogen) atoms. The molecule has 0 fully saturated rings. The van der Waals surface area contributed by atoms with Crippen LogP contribution in [0, 0.1) is 12.8 Å². The number of aryl methyl sites for hydroxylation is 1. The van der Waals surface area contributed by atoms with Crippen LogP contribution in [0.15, 0.2) is 24.3 Å². The van der Waals surface area contributed by atoms with Crippen molar-refractivity contribution in [3.05, 3.63) is 35.4 Å². The molecule has 5 heteroatoms. The van der Waals surface area contributed by atoms with Gasteiger partial charge in [0.1, 0.15) is 0 Å². The number of aliphatic carboxylic acids is 1. The summed E-state index contributed by atoms with van der Waals surface area (Å²) >= 11 is 0. The second-order valence-corrected chi connectivity index (χ2v) is 5.36. The third-order valence-electron chi connectivity index (χ3n) is 3.52. The smallest absolute Gasteiger partial charge is 0.315 e. The molecule has 0 aliphatic carbocycles. The Hall–Kier alpha value is -2.04. The predicted octanol–water partition coefficient (Wildman–Crippen LogP) is 2.86. The average molecular weight is 292 g/mol. The van der Waals surface area contributed by atoms with Gasteiger partial charge in [0.25, 0.3) is 0 Å². The van der Waals surface area contributed by atoms with E-state index in [0.717, 1.165) is 11.1 Å². The fraction of sp³-hybridized carbons (Fsp3) is 0.500. The highest BCUT2D eigenvalue weighted by Gasteiger charge is 2.12. The first-order valence-electron chi connectivity index (χ1n) is 7.24. The molecule has 0 spiro atoms. The van der Waals surface area contributed by atoms with Gasteiger partial charge in [-0.05, 0) is 37.8 Å². The van der Waals surface area contributed by atoms with Crippen molar-refractivity contribution in [2.45, 2.75) is 39.7 Å². The Morgan fingerprint density at radius 2 is 1.90 bits per heavy atom. The van der Waals surface area contributed by atoms with Crippen molar-refractivity contribution in [3.8, 4) is 0 Å². The molecule has 0 radical (unpaired) electrons. The van der Waals surface area contributed by atoms with Gasteiger partial charge >= 0.3 is 12.0 Å². The minimum absolute atomic E-state index is 0.0656. The molecular formula is C16H24N2O3. The van der Waals surface area contributed by atoms with E-state index in [4.69, 9.17) is 5.11 Å². The van der Waals surface area contributed by atoms with E-state index < -0.39 is 5.97 Å². The lowest BCUT2D eigenvalue weighted by atomic mass is 10.0. The molecule has 0 aromatic heterocycles. The summed E-state index contributed by atoms with van der Waals surface area (Å²) in [4.78, 5) is 22.4. The summed E-state index contributed by atoms with van der Waals surface area (Å²) < 4.78 is 0. The molecule has 0 bridgehead atoms. The van der Waals surface area contributed by atoms with Gasteiger partial charge in [-0.25, -0.2) is 4.79 Å².